The summed E-state index contributed by atoms with van der Waals surface area (Å²) < 4.78 is 4.63. The molecule has 7 atom stereocenters. The second kappa shape index (κ2) is 9.40. The summed E-state index contributed by atoms with van der Waals surface area (Å²) in [6, 6.07) is 0. The fourth-order valence-electron chi connectivity index (χ4n) is 8.39. The summed E-state index contributed by atoms with van der Waals surface area (Å²) in [4.78, 5) is 4.74. The topological polar surface area (TPSA) is 38.4 Å². The molecule has 0 bridgehead atoms. The van der Waals surface area contributed by atoms with Crippen molar-refractivity contribution >= 4 is 26.0 Å². The molecule has 2 aliphatic heterocycles. The van der Waals surface area contributed by atoms with Gasteiger partial charge in [0.2, 0.25) is 0 Å². The van der Waals surface area contributed by atoms with Crippen LogP contribution in [0.2, 0.25) is 0 Å². The molecule has 0 aromatic heterocycles. The van der Waals surface area contributed by atoms with Crippen molar-refractivity contribution in [2.24, 2.45) is 51.1 Å². The molecule has 31 heavy (non-hydrogen) atoms. The van der Waals surface area contributed by atoms with Crippen molar-refractivity contribution in [1.82, 2.24) is 0 Å². The zero-order valence-electron chi connectivity index (χ0n) is 20.4. The molecule has 2 saturated heterocycles. The number of allylic oxidation sites excluding steroid dienone is 1. The van der Waals surface area contributed by atoms with Gasteiger partial charge in [-0.05, 0) is 0 Å². The Balaban J connectivity index is 1.46. The van der Waals surface area contributed by atoms with E-state index in [4.69, 9.17) is 17.1 Å². The van der Waals surface area contributed by atoms with Crippen molar-refractivity contribution < 1.29 is 0 Å². The van der Waals surface area contributed by atoms with E-state index in [1.165, 1.54) is 48.6 Å². The first-order valence-corrected chi connectivity index (χ1v) is 17.1. The number of alkyl halides is 3. The van der Waals surface area contributed by atoms with Crippen molar-refractivity contribution in [3.8, 4) is 12.3 Å². The van der Waals surface area contributed by atoms with E-state index in [-0.39, 0.29) is 5.41 Å². The molecular weight excluding hydrogens is 491 g/mol. The molecule has 3 heteroatoms. The van der Waals surface area contributed by atoms with E-state index in [1.54, 1.807) is 27.9 Å². The third kappa shape index (κ3) is 4.36. The molecule has 2 saturated carbocycles. The molecular formula is C28H45IN2. The number of nitrogens with zero attached hydrogens (tertiary/aromatic N) is 1. The van der Waals surface area contributed by atoms with Crippen LogP contribution in [0, 0.1) is 52.8 Å². The molecule has 0 spiro atoms. The van der Waals surface area contributed by atoms with Gasteiger partial charge < -0.3 is 0 Å². The van der Waals surface area contributed by atoms with Gasteiger partial charge in [-0.2, -0.15) is 0 Å². The summed E-state index contributed by atoms with van der Waals surface area (Å²) in [5.74, 6) is 7.66. The van der Waals surface area contributed by atoms with Gasteiger partial charge in [-0.25, -0.2) is 0 Å². The predicted molar refractivity (Wildman–Crippen MR) is 144 cm³/mol. The average Bonchev–Trinajstić information content (AvgIpc) is 3.28. The van der Waals surface area contributed by atoms with Gasteiger partial charge in [-0.15, -0.1) is 0 Å². The van der Waals surface area contributed by atoms with Gasteiger partial charge in [0.15, 0.2) is 0 Å². The van der Waals surface area contributed by atoms with Crippen molar-refractivity contribution in [2.45, 2.75) is 83.0 Å². The van der Waals surface area contributed by atoms with E-state index in [9.17, 15) is 0 Å². The van der Waals surface area contributed by atoms with Gasteiger partial charge in [0.05, 0.1) is 0 Å². The number of aliphatic imine (C=N–C) groups is 1. The number of hydrogen-bond acceptors (Lipinski definition) is 2. The van der Waals surface area contributed by atoms with E-state index < -0.39 is 19.8 Å². The van der Waals surface area contributed by atoms with E-state index in [0.717, 1.165) is 36.1 Å². The third-order valence-electron chi connectivity index (χ3n) is 9.71. The van der Waals surface area contributed by atoms with Crippen molar-refractivity contribution in [3.63, 3.8) is 0 Å². The van der Waals surface area contributed by atoms with Crippen LogP contribution in [0.15, 0.2) is 16.8 Å². The van der Waals surface area contributed by atoms with Crippen LogP contribution in [0.3, 0.4) is 0 Å². The van der Waals surface area contributed by atoms with Crippen molar-refractivity contribution in [2.75, 3.05) is 15.4 Å². The molecule has 174 valence electrons. The Morgan fingerprint density at radius 1 is 1.19 bits per heavy atom. The zero-order valence-corrected chi connectivity index (χ0v) is 22.5. The molecule has 2 heterocycles. The molecule has 7 unspecified atom stereocenters. The number of halogens is 1. The van der Waals surface area contributed by atoms with Gasteiger partial charge >= 0.3 is 200 Å². The van der Waals surface area contributed by atoms with Gasteiger partial charge in [-0.3, -0.25) is 0 Å². The van der Waals surface area contributed by atoms with Crippen LogP contribution in [-0.2, 0) is 0 Å². The maximum absolute atomic E-state index is 5.60. The van der Waals surface area contributed by atoms with Crippen LogP contribution in [0.25, 0.3) is 0 Å². The van der Waals surface area contributed by atoms with E-state index in [1.807, 2.05) is 0 Å². The molecule has 0 aromatic carbocycles. The molecule has 0 radical (unpaired) electrons. The molecule has 2 aliphatic carbocycles. The molecule has 2 N–H and O–H groups in total. The van der Waals surface area contributed by atoms with Crippen LogP contribution >= 0.6 is 19.8 Å². The summed E-state index contributed by atoms with van der Waals surface area (Å²) >= 11 is -0.733. The van der Waals surface area contributed by atoms with Gasteiger partial charge in [0, 0.05) is 0 Å². The van der Waals surface area contributed by atoms with E-state index in [0.29, 0.717) is 11.0 Å². The van der Waals surface area contributed by atoms with Crippen LogP contribution in [0.4, 0.5) is 0 Å². The third-order valence-corrected chi connectivity index (χ3v) is 18.0. The second-order valence-corrected chi connectivity index (χ2v) is 18.1. The first kappa shape index (κ1) is 23.7. The minimum absolute atomic E-state index is 0.220. The number of nitrogens with two attached hydrogens (primary N) is 1. The average molecular weight is 537 g/mol. The predicted octanol–water partition coefficient (Wildman–Crippen LogP) is 6.72. The molecule has 4 fully saturated rings. The monoisotopic (exact) mass is 536 g/mol. The van der Waals surface area contributed by atoms with Crippen molar-refractivity contribution in [3.05, 3.63) is 11.8 Å². The minimum atomic E-state index is -0.733. The molecule has 4 aliphatic rings. The fraction of sp³-hybridized carbons (Fsp3) is 0.821. The van der Waals surface area contributed by atoms with Crippen LogP contribution in [0.1, 0.15) is 79.1 Å². The fourth-order valence-corrected chi connectivity index (χ4v) is 18.5. The van der Waals surface area contributed by atoms with Gasteiger partial charge in [0.25, 0.3) is 0 Å². The Morgan fingerprint density at radius 2 is 2.00 bits per heavy atom. The standard InChI is InChI=1S/C28H45IN2/c1-6-8-21-9-11-25-22-13-14-28(5)24(23(22)16-29(25)15-21)10-12-26(28)27(3,4)19-31-18-20(7-2)17-30/h2,17-18,21-26H,6,8-16,19,30H2,1,3-5H3/b20-17-,31-18?. The number of terminal acetylenes is 1. The van der Waals surface area contributed by atoms with Crippen LogP contribution < -0.4 is 5.73 Å². The zero-order chi connectivity index (χ0) is 22.2. The normalized spacial score (nSPS) is 41.6. The Hall–Kier alpha value is -0.500. The molecule has 0 aromatic rings. The summed E-state index contributed by atoms with van der Waals surface area (Å²) in [7, 11) is 0. The molecule has 4 rings (SSSR count). The van der Waals surface area contributed by atoms with Crippen LogP contribution in [-0.4, -0.2) is 25.5 Å². The van der Waals surface area contributed by atoms with Crippen LogP contribution in [0.5, 0.6) is 0 Å². The molecule has 0 amide bonds. The van der Waals surface area contributed by atoms with Crippen molar-refractivity contribution in [1.29, 1.82) is 0 Å². The number of fused-ring (bicyclic) bond motifs is 5. The molecule has 2 nitrogen and oxygen atoms in total. The maximum atomic E-state index is 5.60. The van der Waals surface area contributed by atoms with Gasteiger partial charge in [-0.1, -0.05) is 0 Å². The summed E-state index contributed by atoms with van der Waals surface area (Å²) in [6.07, 6.45) is 20.7. The first-order valence-electron chi connectivity index (χ1n) is 12.8. The van der Waals surface area contributed by atoms with Gasteiger partial charge in [0.1, 0.15) is 0 Å². The Bertz CT molecular complexity index is 747. The Kier molecular flexibility index (Phi) is 7.17. The second-order valence-electron chi connectivity index (χ2n) is 11.9. The SMILES string of the molecule is C#C/C(C=NCC(C)(C)C1CCC2C3CI4CC(CCC)CCC4C3CCC21C)=C/N. The Morgan fingerprint density at radius 3 is 2.71 bits per heavy atom. The van der Waals surface area contributed by atoms with E-state index in [2.05, 4.69) is 33.6 Å². The Labute approximate surface area is 199 Å². The summed E-state index contributed by atoms with van der Waals surface area (Å²) in [6.45, 7) is 10.8. The summed E-state index contributed by atoms with van der Waals surface area (Å²) in [5.41, 5.74) is 7.02. The number of rotatable bonds is 6. The summed E-state index contributed by atoms with van der Waals surface area (Å²) in [5, 5.41) is 0. The number of hydrogen-bond donors (Lipinski definition) is 1. The first-order chi connectivity index (χ1) is 14.8. The quantitative estimate of drug-likeness (QED) is 0.174. The van der Waals surface area contributed by atoms with E-state index >= 15 is 0 Å².